The topological polar surface area (TPSA) is 0 Å². The van der Waals surface area contributed by atoms with Crippen molar-refractivity contribution in [3.63, 3.8) is 0 Å². The van der Waals surface area contributed by atoms with Gasteiger partial charge in [0.25, 0.3) is 0 Å². The molecule has 0 N–H and O–H groups in total. The lowest BCUT2D eigenvalue weighted by Gasteiger charge is -2.03. The Bertz CT molecular complexity index is 358. The second-order valence-electron chi connectivity index (χ2n) is 6.17. The molecule has 0 radical (unpaired) electrons. The maximum atomic E-state index is 2.29. The summed E-state index contributed by atoms with van der Waals surface area (Å²) in [4.78, 5) is 0. The fourth-order valence-electron chi connectivity index (χ4n) is 2.80. The van der Waals surface area contributed by atoms with Gasteiger partial charge in [0.05, 0.1) is 0 Å². The highest BCUT2D eigenvalue weighted by atomic mass is 14.0. The minimum Gasteiger partial charge on any atom is -0.0871 e. The molecule has 0 aromatic heterocycles. The molecule has 0 spiro atoms. The van der Waals surface area contributed by atoms with Gasteiger partial charge in [-0.2, -0.15) is 0 Å². The fourth-order valence-corrected chi connectivity index (χ4v) is 2.80. The highest BCUT2D eigenvalue weighted by molar-refractivity contribution is 5.49. The summed E-state index contributed by atoms with van der Waals surface area (Å²) in [5.74, 6) is 0. The summed E-state index contributed by atoms with van der Waals surface area (Å²) in [5, 5.41) is 0. The van der Waals surface area contributed by atoms with E-state index >= 15 is 0 Å². The average Bonchev–Trinajstić information content (AvgIpc) is 2.51. The molecule has 0 atom stereocenters. The van der Waals surface area contributed by atoms with Crippen LogP contribution in [0, 0.1) is 0 Å². The lowest BCUT2D eigenvalue weighted by molar-refractivity contribution is 0.556. The van der Waals surface area contributed by atoms with Crippen LogP contribution in [0.5, 0.6) is 0 Å². The molecular formula is C21H34. The van der Waals surface area contributed by atoms with Crippen LogP contribution in [0.1, 0.15) is 89.2 Å². The van der Waals surface area contributed by atoms with Gasteiger partial charge >= 0.3 is 0 Å². The minimum atomic E-state index is 1.24. The van der Waals surface area contributed by atoms with Gasteiger partial charge in [-0.05, 0) is 30.9 Å². The molecule has 1 aromatic rings. The maximum Gasteiger partial charge on any atom is -0.0260 e. The maximum absolute atomic E-state index is 2.29. The molecule has 0 unspecified atom stereocenters. The molecular weight excluding hydrogens is 252 g/mol. The Hall–Kier alpha value is -1.04. The number of allylic oxidation sites excluding steroid dienone is 1. The zero-order chi connectivity index (χ0) is 15.2. The summed E-state index contributed by atoms with van der Waals surface area (Å²) in [7, 11) is 0. The second-order valence-corrected chi connectivity index (χ2v) is 6.17. The van der Waals surface area contributed by atoms with E-state index in [1.807, 2.05) is 0 Å². The van der Waals surface area contributed by atoms with Crippen molar-refractivity contribution in [1.29, 1.82) is 0 Å². The number of hydrogen-bond donors (Lipinski definition) is 0. The third-order valence-electron chi connectivity index (χ3n) is 4.16. The van der Waals surface area contributed by atoms with E-state index in [-0.39, 0.29) is 0 Å². The predicted molar refractivity (Wildman–Crippen MR) is 96.7 cm³/mol. The van der Waals surface area contributed by atoms with Gasteiger partial charge in [-0.3, -0.25) is 0 Å². The van der Waals surface area contributed by atoms with E-state index in [2.05, 4.69) is 50.3 Å². The van der Waals surface area contributed by atoms with Gasteiger partial charge in [0, 0.05) is 0 Å². The number of benzene rings is 1. The zero-order valence-electron chi connectivity index (χ0n) is 14.2. The lowest BCUT2D eigenvalue weighted by atomic mass is 10.0. The largest absolute Gasteiger partial charge is 0.0871 e. The predicted octanol–water partition coefficient (Wildman–Crippen LogP) is 7.18. The van der Waals surface area contributed by atoms with Crippen molar-refractivity contribution in [2.45, 2.75) is 84.5 Å². The Labute approximate surface area is 132 Å². The van der Waals surface area contributed by atoms with Crippen LogP contribution in [0.15, 0.2) is 30.3 Å². The van der Waals surface area contributed by atoms with Gasteiger partial charge in [-0.15, -0.1) is 0 Å². The van der Waals surface area contributed by atoms with Gasteiger partial charge in [-0.25, -0.2) is 0 Å². The summed E-state index contributed by atoms with van der Waals surface area (Å²) in [6, 6.07) is 9.02. The first kappa shape index (κ1) is 18.0. The summed E-state index contributed by atoms with van der Waals surface area (Å²) in [6.45, 7) is 4.35. The molecule has 1 aromatic carbocycles. The molecule has 0 heterocycles. The van der Waals surface area contributed by atoms with Crippen LogP contribution in [-0.2, 0) is 6.42 Å². The second kappa shape index (κ2) is 12.7. The van der Waals surface area contributed by atoms with Crippen LogP contribution in [-0.4, -0.2) is 0 Å². The normalized spacial score (nSPS) is 11.3. The van der Waals surface area contributed by atoms with Crippen molar-refractivity contribution < 1.29 is 0 Å². The van der Waals surface area contributed by atoms with Crippen molar-refractivity contribution in [2.75, 3.05) is 0 Å². The van der Waals surface area contributed by atoms with E-state index in [4.69, 9.17) is 0 Å². The minimum absolute atomic E-state index is 1.24. The Balaban J connectivity index is 1.96. The van der Waals surface area contributed by atoms with E-state index in [9.17, 15) is 0 Å². The van der Waals surface area contributed by atoms with Gasteiger partial charge in [0.15, 0.2) is 0 Å². The van der Waals surface area contributed by atoms with Crippen LogP contribution in [0.3, 0.4) is 0 Å². The highest BCUT2D eigenvalue weighted by Crippen LogP contribution is 2.13. The Morgan fingerprint density at radius 2 is 1.24 bits per heavy atom. The van der Waals surface area contributed by atoms with Crippen LogP contribution in [0.2, 0.25) is 0 Å². The smallest absolute Gasteiger partial charge is 0.0260 e. The molecule has 0 amide bonds. The van der Waals surface area contributed by atoms with Crippen molar-refractivity contribution >= 4 is 6.08 Å². The van der Waals surface area contributed by atoms with E-state index in [1.54, 1.807) is 0 Å². The third kappa shape index (κ3) is 9.50. The zero-order valence-corrected chi connectivity index (χ0v) is 14.2. The molecule has 0 saturated carbocycles. The standard InChI is InChI=1S/C21H34/c1-3-5-6-7-8-9-10-11-12-13-15-21-18-16-20(14-4-2)17-19-21/h4,14,16-19H,3,5-13,15H2,1-2H3/b14-4+. The lowest BCUT2D eigenvalue weighted by Crippen LogP contribution is -1.87. The molecule has 0 heteroatoms. The van der Waals surface area contributed by atoms with Gasteiger partial charge in [0.1, 0.15) is 0 Å². The molecule has 0 aliphatic carbocycles. The quantitative estimate of drug-likeness (QED) is 0.357. The van der Waals surface area contributed by atoms with Crippen LogP contribution < -0.4 is 0 Å². The van der Waals surface area contributed by atoms with Crippen molar-refractivity contribution in [3.8, 4) is 0 Å². The first-order valence-electron chi connectivity index (χ1n) is 9.08. The molecule has 0 aliphatic heterocycles. The SMILES string of the molecule is C/C=C/c1ccc(CCCCCCCCCCCC)cc1. The van der Waals surface area contributed by atoms with Gasteiger partial charge in [0.2, 0.25) is 0 Å². The molecule has 0 bridgehead atoms. The Morgan fingerprint density at radius 3 is 1.76 bits per heavy atom. The molecule has 0 aliphatic rings. The van der Waals surface area contributed by atoms with Crippen LogP contribution >= 0.6 is 0 Å². The van der Waals surface area contributed by atoms with E-state index in [0.717, 1.165) is 0 Å². The Kier molecular flexibility index (Phi) is 10.9. The first-order valence-corrected chi connectivity index (χ1v) is 9.08. The molecule has 21 heavy (non-hydrogen) atoms. The van der Waals surface area contributed by atoms with E-state index in [0.29, 0.717) is 0 Å². The third-order valence-corrected chi connectivity index (χ3v) is 4.16. The fraction of sp³-hybridized carbons (Fsp3) is 0.619. The molecule has 0 saturated heterocycles. The van der Waals surface area contributed by atoms with Gasteiger partial charge < -0.3 is 0 Å². The number of unbranched alkanes of at least 4 members (excludes halogenated alkanes) is 9. The van der Waals surface area contributed by atoms with Crippen LogP contribution in [0.25, 0.3) is 6.08 Å². The number of aryl methyl sites for hydroxylation is 1. The van der Waals surface area contributed by atoms with Crippen molar-refractivity contribution in [1.82, 2.24) is 0 Å². The van der Waals surface area contributed by atoms with Crippen molar-refractivity contribution in [3.05, 3.63) is 41.5 Å². The molecule has 1 rings (SSSR count). The average molecular weight is 287 g/mol. The van der Waals surface area contributed by atoms with Crippen LogP contribution in [0.4, 0.5) is 0 Å². The molecule has 0 nitrogen and oxygen atoms in total. The highest BCUT2D eigenvalue weighted by Gasteiger charge is 1.95. The molecule has 118 valence electrons. The van der Waals surface area contributed by atoms with Gasteiger partial charge in [-0.1, -0.05) is 101 Å². The number of rotatable bonds is 12. The first-order chi connectivity index (χ1) is 10.4. The van der Waals surface area contributed by atoms with Crippen molar-refractivity contribution in [2.24, 2.45) is 0 Å². The summed E-state index contributed by atoms with van der Waals surface area (Å²) in [6.07, 6.45) is 19.7. The summed E-state index contributed by atoms with van der Waals surface area (Å²) in [5.41, 5.74) is 2.80. The van der Waals surface area contributed by atoms with E-state index in [1.165, 1.54) is 81.8 Å². The summed E-state index contributed by atoms with van der Waals surface area (Å²) < 4.78 is 0. The van der Waals surface area contributed by atoms with E-state index < -0.39 is 0 Å². The number of hydrogen-bond acceptors (Lipinski definition) is 0. The monoisotopic (exact) mass is 286 g/mol. The summed E-state index contributed by atoms with van der Waals surface area (Å²) >= 11 is 0. The molecule has 0 fully saturated rings. The Morgan fingerprint density at radius 1 is 0.714 bits per heavy atom.